The Labute approximate surface area is 72.7 Å². The summed E-state index contributed by atoms with van der Waals surface area (Å²) in [7, 11) is 0. The second-order valence-corrected chi connectivity index (χ2v) is 2.17. The highest BCUT2D eigenvalue weighted by molar-refractivity contribution is 5.20. The van der Waals surface area contributed by atoms with Gasteiger partial charge < -0.3 is 4.74 Å². The molecule has 0 radical (unpaired) electrons. The minimum absolute atomic E-state index is 0.0861. The summed E-state index contributed by atoms with van der Waals surface area (Å²) in [5.74, 6) is 0.0861. The summed E-state index contributed by atoms with van der Waals surface area (Å²) in [6, 6.07) is 2.02. The van der Waals surface area contributed by atoms with Gasteiger partial charge in [0, 0.05) is 12.3 Å². The second-order valence-electron chi connectivity index (χ2n) is 2.17. The molecule has 70 valence electrons. The molecular weight excluding hydrogens is 183 g/mol. The van der Waals surface area contributed by atoms with Crippen LogP contribution in [0.25, 0.3) is 0 Å². The monoisotopic (exact) mass is 189 g/mol. The van der Waals surface area contributed by atoms with Gasteiger partial charge in [0.05, 0.1) is 11.8 Å². The third-order valence-corrected chi connectivity index (χ3v) is 1.27. The Bertz CT molecular complexity index is 291. The lowest BCUT2D eigenvalue weighted by Gasteiger charge is -2.05. The Morgan fingerprint density at radius 1 is 1.38 bits per heavy atom. The summed E-state index contributed by atoms with van der Waals surface area (Å²) >= 11 is 0. The van der Waals surface area contributed by atoms with Crippen molar-refractivity contribution < 1.29 is 17.9 Å². The Morgan fingerprint density at radius 2 is 2.08 bits per heavy atom. The Kier molecular flexibility index (Phi) is 2.55. The van der Waals surface area contributed by atoms with E-state index in [1.165, 1.54) is 0 Å². The fourth-order valence-corrected chi connectivity index (χ4v) is 0.703. The zero-order valence-corrected chi connectivity index (χ0v) is 6.51. The van der Waals surface area contributed by atoms with E-state index in [-0.39, 0.29) is 5.88 Å². The van der Waals surface area contributed by atoms with Crippen LogP contribution >= 0.6 is 0 Å². The Morgan fingerprint density at radius 3 is 2.46 bits per heavy atom. The number of pyridine rings is 1. The number of alkyl halides is 3. The maximum atomic E-state index is 12.0. The van der Waals surface area contributed by atoms with E-state index in [4.69, 9.17) is 0 Å². The van der Waals surface area contributed by atoms with Gasteiger partial charge >= 0.3 is 6.18 Å². The van der Waals surface area contributed by atoms with Gasteiger partial charge in [-0.25, -0.2) is 4.98 Å². The maximum Gasteiger partial charge on any atom is 0.417 e. The molecular formula is C8H6F3NO. The first-order valence-corrected chi connectivity index (χ1v) is 3.35. The molecule has 0 aliphatic heterocycles. The first-order chi connectivity index (χ1) is 6.04. The molecule has 2 nitrogen and oxygen atoms in total. The molecule has 0 spiro atoms. The van der Waals surface area contributed by atoms with Crippen molar-refractivity contribution in [1.82, 2.24) is 4.98 Å². The van der Waals surface area contributed by atoms with Crippen LogP contribution in [0.2, 0.25) is 0 Å². The zero-order chi connectivity index (χ0) is 9.90. The van der Waals surface area contributed by atoms with Gasteiger partial charge in [-0.15, -0.1) is 0 Å². The van der Waals surface area contributed by atoms with Crippen LogP contribution in [0.5, 0.6) is 5.88 Å². The average molecular weight is 189 g/mol. The van der Waals surface area contributed by atoms with E-state index in [1.54, 1.807) is 0 Å². The predicted octanol–water partition coefficient (Wildman–Crippen LogP) is 2.62. The van der Waals surface area contributed by atoms with E-state index in [0.717, 1.165) is 18.4 Å². The van der Waals surface area contributed by atoms with Crippen LogP contribution in [0.1, 0.15) is 5.56 Å². The number of aromatic nitrogens is 1. The van der Waals surface area contributed by atoms with Crippen molar-refractivity contribution in [3.05, 3.63) is 36.7 Å². The van der Waals surface area contributed by atoms with Gasteiger partial charge in [0.25, 0.3) is 0 Å². The van der Waals surface area contributed by atoms with E-state index in [2.05, 4.69) is 16.3 Å². The van der Waals surface area contributed by atoms with Crippen molar-refractivity contribution in [2.24, 2.45) is 0 Å². The lowest BCUT2D eigenvalue weighted by atomic mass is 10.3. The van der Waals surface area contributed by atoms with Gasteiger partial charge in [-0.05, 0) is 6.07 Å². The first-order valence-electron chi connectivity index (χ1n) is 3.35. The van der Waals surface area contributed by atoms with Crippen LogP contribution in [-0.2, 0) is 6.18 Å². The molecule has 0 fully saturated rings. The molecule has 0 bridgehead atoms. The summed E-state index contributed by atoms with van der Waals surface area (Å²) < 4.78 is 40.7. The number of rotatable bonds is 2. The van der Waals surface area contributed by atoms with Crippen LogP contribution in [0.3, 0.4) is 0 Å². The summed E-state index contributed by atoms with van der Waals surface area (Å²) in [4.78, 5) is 3.42. The molecule has 1 aromatic rings. The van der Waals surface area contributed by atoms with E-state index in [1.807, 2.05) is 0 Å². The molecule has 1 heterocycles. The summed E-state index contributed by atoms with van der Waals surface area (Å²) in [6.45, 7) is 3.24. The molecule has 5 heteroatoms. The van der Waals surface area contributed by atoms with Gasteiger partial charge in [0.2, 0.25) is 5.88 Å². The third kappa shape index (κ3) is 2.47. The molecule has 0 aromatic carbocycles. The van der Waals surface area contributed by atoms with Gasteiger partial charge in [0.15, 0.2) is 0 Å². The molecule has 0 saturated carbocycles. The molecule has 1 aromatic heterocycles. The van der Waals surface area contributed by atoms with E-state index >= 15 is 0 Å². The standard InChI is InChI=1S/C8H6F3NO/c1-2-13-7-4-3-6(5-12-7)8(9,10)11/h2-5H,1H2. The lowest BCUT2D eigenvalue weighted by molar-refractivity contribution is -0.137. The number of halogens is 3. The number of hydrogen-bond donors (Lipinski definition) is 0. The van der Waals surface area contributed by atoms with Gasteiger partial charge in [0.1, 0.15) is 0 Å². The van der Waals surface area contributed by atoms with Crippen LogP contribution < -0.4 is 4.74 Å². The maximum absolute atomic E-state index is 12.0. The fraction of sp³-hybridized carbons (Fsp3) is 0.125. The van der Waals surface area contributed by atoms with Gasteiger partial charge in [-0.3, -0.25) is 0 Å². The van der Waals surface area contributed by atoms with Crippen LogP contribution in [-0.4, -0.2) is 4.98 Å². The minimum Gasteiger partial charge on any atom is -0.447 e. The summed E-state index contributed by atoms with van der Waals surface area (Å²) in [5, 5.41) is 0. The van der Waals surface area contributed by atoms with Crippen LogP contribution in [0.15, 0.2) is 31.2 Å². The van der Waals surface area contributed by atoms with Crippen molar-refractivity contribution in [1.29, 1.82) is 0 Å². The largest absolute Gasteiger partial charge is 0.447 e. The van der Waals surface area contributed by atoms with E-state index in [9.17, 15) is 13.2 Å². The highest BCUT2D eigenvalue weighted by Crippen LogP contribution is 2.29. The first kappa shape index (κ1) is 9.57. The van der Waals surface area contributed by atoms with E-state index in [0.29, 0.717) is 6.20 Å². The minimum atomic E-state index is -4.36. The molecule has 0 amide bonds. The van der Waals surface area contributed by atoms with Gasteiger partial charge in [-0.1, -0.05) is 6.58 Å². The highest BCUT2D eigenvalue weighted by atomic mass is 19.4. The highest BCUT2D eigenvalue weighted by Gasteiger charge is 2.30. The Balaban J connectivity index is 2.87. The van der Waals surface area contributed by atoms with Crippen molar-refractivity contribution in [2.45, 2.75) is 6.18 Å². The SMILES string of the molecule is C=COc1ccc(C(F)(F)F)cn1. The smallest absolute Gasteiger partial charge is 0.417 e. The second kappa shape index (κ2) is 3.47. The van der Waals surface area contributed by atoms with Crippen molar-refractivity contribution >= 4 is 0 Å². The molecule has 1 rings (SSSR count). The summed E-state index contributed by atoms with van der Waals surface area (Å²) in [6.07, 6.45) is -2.56. The normalized spacial score (nSPS) is 11.0. The molecule has 0 aliphatic carbocycles. The van der Waals surface area contributed by atoms with Crippen molar-refractivity contribution in [2.75, 3.05) is 0 Å². The molecule has 13 heavy (non-hydrogen) atoms. The molecule has 0 atom stereocenters. The molecule has 0 unspecified atom stereocenters. The molecule has 0 saturated heterocycles. The number of nitrogens with zero attached hydrogens (tertiary/aromatic N) is 1. The summed E-state index contributed by atoms with van der Waals surface area (Å²) in [5.41, 5.74) is -0.802. The third-order valence-electron chi connectivity index (χ3n) is 1.27. The molecule has 0 aliphatic rings. The van der Waals surface area contributed by atoms with Crippen LogP contribution in [0, 0.1) is 0 Å². The topological polar surface area (TPSA) is 22.1 Å². The van der Waals surface area contributed by atoms with Crippen LogP contribution in [0.4, 0.5) is 13.2 Å². The van der Waals surface area contributed by atoms with Crippen molar-refractivity contribution in [3.63, 3.8) is 0 Å². The van der Waals surface area contributed by atoms with Crippen molar-refractivity contribution in [3.8, 4) is 5.88 Å². The van der Waals surface area contributed by atoms with Gasteiger partial charge in [-0.2, -0.15) is 13.2 Å². The average Bonchev–Trinajstić information content (AvgIpc) is 2.04. The quantitative estimate of drug-likeness (QED) is 0.667. The molecule has 0 N–H and O–H groups in total. The zero-order valence-electron chi connectivity index (χ0n) is 6.51. The number of hydrogen-bond acceptors (Lipinski definition) is 2. The number of ether oxygens (including phenoxy) is 1. The fourth-order valence-electron chi connectivity index (χ4n) is 0.703. The Hall–Kier alpha value is -1.52. The van der Waals surface area contributed by atoms with E-state index < -0.39 is 11.7 Å². The predicted molar refractivity (Wildman–Crippen MR) is 40.1 cm³/mol. The lowest BCUT2D eigenvalue weighted by Crippen LogP contribution is -2.05.